The number of hydrogen-bond donors (Lipinski definition) is 2. The molecular weight excluding hydrogens is 262 g/mol. The smallest absolute Gasteiger partial charge is 0.240 e. The van der Waals surface area contributed by atoms with Crippen molar-refractivity contribution in [2.75, 3.05) is 19.6 Å². The predicted octanol–water partition coefficient (Wildman–Crippen LogP) is 1.24. The van der Waals surface area contributed by atoms with Gasteiger partial charge in [0.25, 0.3) is 0 Å². The molecule has 0 spiro atoms. The summed E-state index contributed by atoms with van der Waals surface area (Å²) in [7, 11) is -3.85. The van der Waals surface area contributed by atoms with Crippen LogP contribution in [-0.2, 0) is 10.0 Å². The number of rotatable bonds is 7. The van der Waals surface area contributed by atoms with E-state index in [1.165, 1.54) is 0 Å². The molecule has 7 heteroatoms. The Labute approximate surface area is 105 Å². The van der Waals surface area contributed by atoms with Crippen molar-refractivity contribution in [3.8, 4) is 0 Å². The summed E-state index contributed by atoms with van der Waals surface area (Å²) in [5, 5.41) is 3.04. The Hall–Kier alpha value is -1.05. The maximum atomic E-state index is 12.9. The topological polar surface area (TPSA) is 58.2 Å². The van der Waals surface area contributed by atoms with E-state index in [-0.39, 0.29) is 6.54 Å². The van der Waals surface area contributed by atoms with Gasteiger partial charge in [0, 0.05) is 12.6 Å². The van der Waals surface area contributed by atoms with E-state index in [1.54, 1.807) is 0 Å². The molecule has 0 unspecified atom stereocenters. The third kappa shape index (κ3) is 4.67. The maximum Gasteiger partial charge on any atom is 0.240 e. The molecular formula is C11H16F2N2O2S. The first-order valence-corrected chi connectivity index (χ1v) is 7.10. The molecule has 0 saturated heterocycles. The van der Waals surface area contributed by atoms with Crippen molar-refractivity contribution in [1.29, 1.82) is 0 Å². The standard InChI is InChI=1S/C11H16F2N2O2S/c1-2-14-4-3-5-15-18(16,17)11-7-9(12)6-10(13)8-11/h6-8,14-15H,2-5H2,1H3. The van der Waals surface area contributed by atoms with E-state index < -0.39 is 26.6 Å². The van der Waals surface area contributed by atoms with Gasteiger partial charge in [-0.25, -0.2) is 21.9 Å². The fourth-order valence-electron chi connectivity index (χ4n) is 1.36. The minimum Gasteiger partial charge on any atom is -0.317 e. The number of benzene rings is 1. The highest BCUT2D eigenvalue weighted by atomic mass is 32.2. The van der Waals surface area contributed by atoms with Crippen LogP contribution in [0.5, 0.6) is 0 Å². The molecule has 102 valence electrons. The first-order chi connectivity index (χ1) is 8.45. The zero-order valence-corrected chi connectivity index (χ0v) is 10.9. The van der Waals surface area contributed by atoms with Crippen molar-refractivity contribution in [3.63, 3.8) is 0 Å². The van der Waals surface area contributed by atoms with Crippen LogP contribution in [0.4, 0.5) is 8.78 Å². The average Bonchev–Trinajstić information content (AvgIpc) is 2.27. The lowest BCUT2D eigenvalue weighted by Gasteiger charge is -2.07. The molecule has 0 saturated carbocycles. The molecule has 0 atom stereocenters. The van der Waals surface area contributed by atoms with Gasteiger partial charge < -0.3 is 5.32 Å². The molecule has 0 aliphatic carbocycles. The van der Waals surface area contributed by atoms with Gasteiger partial charge in [-0.2, -0.15) is 0 Å². The highest BCUT2D eigenvalue weighted by Gasteiger charge is 2.15. The number of halogens is 2. The molecule has 0 aliphatic rings. The SMILES string of the molecule is CCNCCCNS(=O)(=O)c1cc(F)cc(F)c1. The summed E-state index contributed by atoms with van der Waals surface area (Å²) in [6, 6.07) is 2.20. The summed E-state index contributed by atoms with van der Waals surface area (Å²) in [6.07, 6.45) is 0.602. The Balaban J connectivity index is 2.63. The molecule has 4 nitrogen and oxygen atoms in total. The van der Waals surface area contributed by atoms with Crippen LogP contribution in [0.3, 0.4) is 0 Å². The quantitative estimate of drug-likeness (QED) is 0.738. The molecule has 0 amide bonds. The van der Waals surface area contributed by atoms with E-state index in [2.05, 4.69) is 10.0 Å². The van der Waals surface area contributed by atoms with E-state index >= 15 is 0 Å². The fraction of sp³-hybridized carbons (Fsp3) is 0.455. The van der Waals surface area contributed by atoms with Gasteiger partial charge in [-0.3, -0.25) is 0 Å². The minimum atomic E-state index is -3.85. The summed E-state index contributed by atoms with van der Waals surface area (Å²) in [4.78, 5) is -0.400. The van der Waals surface area contributed by atoms with Crippen molar-refractivity contribution in [3.05, 3.63) is 29.8 Å². The minimum absolute atomic E-state index is 0.216. The molecule has 0 heterocycles. The van der Waals surface area contributed by atoms with E-state index in [9.17, 15) is 17.2 Å². The lowest BCUT2D eigenvalue weighted by molar-refractivity contribution is 0.558. The Kier molecular flexibility index (Phi) is 5.64. The van der Waals surface area contributed by atoms with Gasteiger partial charge in [0.05, 0.1) is 4.90 Å². The molecule has 0 fully saturated rings. The third-order valence-corrected chi connectivity index (χ3v) is 3.66. The Morgan fingerprint density at radius 2 is 1.72 bits per heavy atom. The van der Waals surface area contributed by atoms with Gasteiger partial charge in [-0.1, -0.05) is 6.92 Å². The van der Waals surface area contributed by atoms with Crippen molar-refractivity contribution in [2.24, 2.45) is 0 Å². The van der Waals surface area contributed by atoms with Gasteiger partial charge >= 0.3 is 0 Å². The van der Waals surface area contributed by atoms with Crippen LogP contribution < -0.4 is 10.0 Å². The average molecular weight is 278 g/mol. The molecule has 0 aromatic heterocycles. The second-order valence-electron chi connectivity index (χ2n) is 3.71. The molecule has 18 heavy (non-hydrogen) atoms. The van der Waals surface area contributed by atoms with Crippen LogP contribution in [0.2, 0.25) is 0 Å². The van der Waals surface area contributed by atoms with Gasteiger partial charge in [-0.05, 0) is 31.6 Å². The Bertz CT molecular complexity index is 472. The third-order valence-electron chi connectivity index (χ3n) is 2.22. The molecule has 0 aliphatic heterocycles. The Morgan fingerprint density at radius 3 is 2.28 bits per heavy atom. The summed E-state index contributed by atoms with van der Waals surface area (Å²) in [5.74, 6) is -1.83. The predicted molar refractivity (Wildman–Crippen MR) is 64.7 cm³/mol. The maximum absolute atomic E-state index is 12.9. The lowest BCUT2D eigenvalue weighted by Crippen LogP contribution is -2.27. The largest absolute Gasteiger partial charge is 0.317 e. The van der Waals surface area contributed by atoms with E-state index in [4.69, 9.17) is 0 Å². The van der Waals surface area contributed by atoms with Crippen LogP contribution in [0.1, 0.15) is 13.3 Å². The highest BCUT2D eigenvalue weighted by molar-refractivity contribution is 7.89. The van der Waals surface area contributed by atoms with Crippen molar-refractivity contribution >= 4 is 10.0 Å². The molecule has 2 N–H and O–H groups in total. The molecule has 1 aromatic rings. The first-order valence-electron chi connectivity index (χ1n) is 5.62. The van der Waals surface area contributed by atoms with E-state index in [0.717, 1.165) is 18.7 Å². The normalized spacial score (nSPS) is 11.7. The van der Waals surface area contributed by atoms with Crippen LogP contribution >= 0.6 is 0 Å². The number of hydrogen-bond acceptors (Lipinski definition) is 3. The summed E-state index contributed by atoms with van der Waals surface area (Å²) < 4.78 is 51.5. The van der Waals surface area contributed by atoms with Crippen LogP contribution in [0.15, 0.2) is 23.1 Å². The number of nitrogens with one attached hydrogen (secondary N) is 2. The second-order valence-corrected chi connectivity index (χ2v) is 5.48. The molecule has 1 aromatic carbocycles. The van der Waals surface area contributed by atoms with Gasteiger partial charge in [0.1, 0.15) is 11.6 Å². The van der Waals surface area contributed by atoms with Crippen LogP contribution in [0.25, 0.3) is 0 Å². The highest BCUT2D eigenvalue weighted by Crippen LogP contribution is 2.13. The zero-order chi connectivity index (χ0) is 13.6. The summed E-state index contributed by atoms with van der Waals surface area (Å²) >= 11 is 0. The van der Waals surface area contributed by atoms with E-state index in [1.807, 2.05) is 6.92 Å². The number of sulfonamides is 1. The van der Waals surface area contributed by atoms with Crippen molar-refractivity contribution in [2.45, 2.75) is 18.2 Å². The molecule has 0 bridgehead atoms. The van der Waals surface area contributed by atoms with Gasteiger partial charge in [0.15, 0.2) is 0 Å². The first kappa shape index (κ1) is 15.0. The van der Waals surface area contributed by atoms with Gasteiger partial charge in [-0.15, -0.1) is 0 Å². The molecule has 0 radical (unpaired) electrons. The van der Waals surface area contributed by atoms with Crippen molar-refractivity contribution < 1.29 is 17.2 Å². The van der Waals surface area contributed by atoms with Crippen LogP contribution in [-0.4, -0.2) is 28.1 Å². The monoisotopic (exact) mass is 278 g/mol. The Morgan fingerprint density at radius 1 is 1.11 bits per heavy atom. The zero-order valence-electron chi connectivity index (χ0n) is 10.0. The fourth-order valence-corrected chi connectivity index (χ4v) is 2.48. The van der Waals surface area contributed by atoms with E-state index in [0.29, 0.717) is 19.0 Å². The lowest BCUT2D eigenvalue weighted by atomic mass is 10.3. The summed E-state index contributed by atoms with van der Waals surface area (Å²) in [6.45, 7) is 3.64. The molecule has 1 rings (SSSR count). The summed E-state index contributed by atoms with van der Waals surface area (Å²) in [5.41, 5.74) is 0. The van der Waals surface area contributed by atoms with Crippen LogP contribution in [0, 0.1) is 11.6 Å². The van der Waals surface area contributed by atoms with Crippen molar-refractivity contribution in [1.82, 2.24) is 10.0 Å². The second kappa shape index (κ2) is 6.77. The van der Waals surface area contributed by atoms with Gasteiger partial charge in [0.2, 0.25) is 10.0 Å².